The van der Waals surface area contributed by atoms with E-state index >= 15 is 0 Å². The van der Waals surface area contributed by atoms with Crippen molar-refractivity contribution in [3.63, 3.8) is 0 Å². The van der Waals surface area contributed by atoms with Gasteiger partial charge in [-0.15, -0.1) is 0 Å². The molecular formula is C25H25N3O3. The number of anilines is 3. The molecule has 3 aromatic carbocycles. The first-order valence-corrected chi connectivity index (χ1v) is 9.87. The van der Waals surface area contributed by atoms with E-state index < -0.39 is 0 Å². The molecule has 158 valence electrons. The fourth-order valence-corrected chi connectivity index (χ4v) is 2.77. The molecule has 2 amide bonds. The summed E-state index contributed by atoms with van der Waals surface area (Å²) in [7, 11) is 0. The molecule has 6 nitrogen and oxygen atoms in total. The van der Waals surface area contributed by atoms with Crippen molar-refractivity contribution in [3.8, 4) is 5.75 Å². The molecule has 0 atom stereocenters. The summed E-state index contributed by atoms with van der Waals surface area (Å²) in [4.78, 5) is 24.7. The molecule has 0 saturated carbocycles. The van der Waals surface area contributed by atoms with Crippen molar-refractivity contribution in [3.05, 3.63) is 96.6 Å². The van der Waals surface area contributed by atoms with Crippen molar-refractivity contribution < 1.29 is 14.3 Å². The van der Waals surface area contributed by atoms with Crippen LogP contribution in [0, 0.1) is 0 Å². The largest absolute Gasteiger partial charge is 0.487 e. The third-order valence-corrected chi connectivity index (χ3v) is 4.24. The van der Waals surface area contributed by atoms with Gasteiger partial charge < -0.3 is 20.7 Å². The highest BCUT2D eigenvalue weighted by atomic mass is 16.5. The standard InChI is InChI=1S/C25H25N3O3/c1-18(2)17-31-23-14-7-6-13-22(23)28-24(29)16-26-20-11-8-12-21(15-20)27-25(30)19-9-4-3-5-10-19/h3-15,26H,1,16-17H2,2H3,(H,27,30)(H,28,29). The highest BCUT2D eigenvalue weighted by Crippen LogP contribution is 2.24. The molecule has 3 rings (SSSR count). The Kier molecular flexibility index (Phi) is 7.43. The third kappa shape index (κ3) is 6.75. The van der Waals surface area contributed by atoms with Gasteiger partial charge in [-0.2, -0.15) is 0 Å². The van der Waals surface area contributed by atoms with Crippen LogP contribution >= 0.6 is 0 Å². The lowest BCUT2D eigenvalue weighted by Gasteiger charge is -2.13. The first-order valence-electron chi connectivity index (χ1n) is 9.87. The van der Waals surface area contributed by atoms with Crippen molar-refractivity contribution in [2.75, 3.05) is 29.1 Å². The zero-order chi connectivity index (χ0) is 22.1. The molecule has 31 heavy (non-hydrogen) atoms. The summed E-state index contributed by atoms with van der Waals surface area (Å²) in [6.45, 7) is 6.14. The van der Waals surface area contributed by atoms with Crippen molar-refractivity contribution in [2.24, 2.45) is 0 Å². The number of para-hydroxylation sites is 2. The average Bonchev–Trinajstić information content (AvgIpc) is 2.78. The number of benzene rings is 3. The lowest BCUT2D eigenvalue weighted by molar-refractivity contribution is -0.114. The zero-order valence-corrected chi connectivity index (χ0v) is 17.4. The minimum atomic E-state index is -0.218. The van der Waals surface area contributed by atoms with Gasteiger partial charge in [0.15, 0.2) is 0 Å². The van der Waals surface area contributed by atoms with Gasteiger partial charge >= 0.3 is 0 Å². The Morgan fingerprint density at radius 1 is 0.871 bits per heavy atom. The third-order valence-electron chi connectivity index (χ3n) is 4.24. The van der Waals surface area contributed by atoms with Gasteiger partial charge in [-0.25, -0.2) is 0 Å². The summed E-state index contributed by atoms with van der Waals surface area (Å²) in [5.41, 5.74) is 3.42. The molecule has 0 bridgehead atoms. The molecule has 0 fully saturated rings. The van der Waals surface area contributed by atoms with E-state index in [2.05, 4.69) is 22.5 Å². The van der Waals surface area contributed by atoms with Gasteiger partial charge in [0.1, 0.15) is 12.4 Å². The van der Waals surface area contributed by atoms with E-state index in [4.69, 9.17) is 4.74 Å². The second-order valence-corrected chi connectivity index (χ2v) is 7.04. The Labute approximate surface area is 181 Å². The molecule has 0 aliphatic heterocycles. The van der Waals surface area contributed by atoms with E-state index in [1.54, 1.807) is 36.4 Å². The van der Waals surface area contributed by atoms with Crippen LogP contribution in [0.25, 0.3) is 0 Å². The average molecular weight is 415 g/mol. The lowest BCUT2D eigenvalue weighted by atomic mass is 10.2. The predicted molar refractivity (Wildman–Crippen MR) is 125 cm³/mol. The Hall–Kier alpha value is -4.06. The fourth-order valence-electron chi connectivity index (χ4n) is 2.77. The number of carbonyl (C=O) groups excluding carboxylic acids is 2. The van der Waals surface area contributed by atoms with Crippen LogP contribution in [0.5, 0.6) is 5.75 Å². The summed E-state index contributed by atoms with van der Waals surface area (Å²) < 4.78 is 5.68. The molecule has 0 aromatic heterocycles. The zero-order valence-electron chi connectivity index (χ0n) is 17.4. The minimum Gasteiger partial charge on any atom is -0.487 e. The van der Waals surface area contributed by atoms with Gasteiger partial charge in [-0.1, -0.05) is 43.0 Å². The molecule has 0 radical (unpaired) electrons. The maximum absolute atomic E-state index is 12.4. The maximum atomic E-state index is 12.4. The summed E-state index contributed by atoms with van der Waals surface area (Å²) in [6.07, 6.45) is 0. The molecule has 0 aliphatic rings. The van der Waals surface area contributed by atoms with Crippen LogP contribution in [-0.4, -0.2) is 25.0 Å². The molecule has 0 spiro atoms. The molecule has 0 heterocycles. The molecule has 0 unspecified atom stereocenters. The Morgan fingerprint density at radius 2 is 1.58 bits per heavy atom. The lowest BCUT2D eigenvalue weighted by Crippen LogP contribution is -2.22. The number of hydrogen-bond acceptors (Lipinski definition) is 4. The summed E-state index contributed by atoms with van der Waals surface area (Å²) in [5, 5.41) is 8.77. The highest BCUT2D eigenvalue weighted by Gasteiger charge is 2.09. The van der Waals surface area contributed by atoms with Crippen molar-refractivity contribution in [2.45, 2.75) is 6.92 Å². The maximum Gasteiger partial charge on any atom is 0.255 e. The van der Waals surface area contributed by atoms with Crippen LogP contribution in [0.2, 0.25) is 0 Å². The number of carbonyl (C=O) groups is 2. The molecular weight excluding hydrogens is 390 g/mol. The Balaban J connectivity index is 1.56. The number of rotatable bonds is 9. The fraction of sp³-hybridized carbons (Fsp3) is 0.120. The van der Waals surface area contributed by atoms with Crippen molar-refractivity contribution >= 4 is 28.9 Å². The van der Waals surface area contributed by atoms with Gasteiger partial charge in [0.05, 0.1) is 12.2 Å². The summed E-state index contributed by atoms with van der Waals surface area (Å²) >= 11 is 0. The molecule has 3 N–H and O–H groups in total. The summed E-state index contributed by atoms with van der Waals surface area (Å²) in [6, 6.07) is 23.4. The second-order valence-electron chi connectivity index (χ2n) is 7.04. The quantitative estimate of drug-likeness (QED) is 0.432. The molecule has 6 heteroatoms. The number of hydrogen-bond donors (Lipinski definition) is 3. The molecule has 3 aromatic rings. The van der Waals surface area contributed by atoms with Crippen LogP contribution in [0.15, 0.2) is 91.0 Å². The topological polar surface area (TPSA) is 79.5 Å². The van der Waals surface area contributed by atoms with Crippen LogP contribution in [0.1, 0.15) is 17.3 Å². The minimum absolute atomic E-state index is 0.0604. The predicted octanol–water partition coefficient (Wildman–Crippen LogP) is 4.94. The van der Waals surface area contributed by atoms with Gasteiger partial charge in [-0.05, 0) is 55.0 Å². The number of ether oxygens (including phenoxy) is 1. The SMILES string of the molecule is C=C(C)COc1ccccc1NC(=O)CNc1cccc(NC(=O)c2ccccc2)c1. The van der Waals surface area contributed by atoms with E-state index in [0.29, 0.717) is 35.0 Å². The monoisotopic (exact) mass is 415 g/mol. The highest BCUT2D eigenvalue weighted by molar-refractivity contribution is 6.04. The van der Waals surface area contributed by atoms with E-state index in [-0.39, 0.29) is 18.4 Å². The van der Waals surface area contributed by atoms with Crippen LogP contribution in [0.3, 0.4) is 0 Å². The second kappa shape index (κ2) is 10.6. The Bertz CT molecular complexity index is 1060. The van der Waals surface area contributed by atoms with Gasteiger partial charge in [0.25, 0.3) is 5.91 Å². The van der Waals surface area contributed by atoms with Crippen molar-refractivity contribution in [1.29, 1.82) is 0 Å². The van der Waals surface area contributed by atoms with E-state index in [1.807, 2.05) is 49.4 Å². The van der Waals surface area contributed by atoms with E-state index in [0.717, 1.165) is 5.57 Å². The van der Waals surface area contributed by atoms with Gasteiger partial charge in [0, 0.05) is 16.9 Å². The molecule has 0 aliphatic carbocycles. The normalized spacial score (nSPS) is 10.1. The van der Waals surface area contributed by atoms with Crippen LogP contribution < -0.4 is 20.7 Å². The van der Waals surface area contributed by atoms with Crippen molar-refractivity contribution in [1.82, 2.24) is 0 Å². The van der Waals surface area contributed by atoms with Gasteiger partial charge in [-0.3, -0.25) is 9.59 Å². The first-order chi connectivity index (χ1) is 15.0. The van der Waals surface area contributed by atoms with E-state index in [9.17, 15) is 9.59 Å². The van der Waals surface area contributed by atoms with Crippen LogP contribution in [0.4, 0.5) is 17.1 Å². The van der Waals surface area contributed by atoms with E-state index in [1.165, 1.54) is 0 Å². The summed E-state index contributed by atoms with van der Waals surface area (Å²) in [5.74, 6) is 0.177. The smallest absolute Gasteiger partial charge is 0.255 e. The Morgan fingerprint density at radius 3 is 2.35 bits per heavy atom. The van der Waals surface area contributed by atoms with Crippen LogP contribution in [-0.2, 0) is 4.79 Å². The number of amides is 2. The molecule has 0 saturated heterocycles. The first kappa shape index (κ1) is 21.6. The number of nitrogens with one attached hydrogen (secondary N) is 3. The van der Waals surface area contributed by atoms with Gasteiger partial charge in [0.2, 0.25) is 5.91 Å².